The Kier molecular flexibility index (Phi) is 9.43. The molecule has 0 unspecified atom stereocenters. The maximum absolute atomic E-state index is 12.3. The van der Waals surface area contributed by atoms with Gasteiger partial charge in [-0.2, -0.15) is 0 Å². The minimum Gasteiger partial charge on any atom is -0.298 e. The van der Waals surface area contributed by atoms with Crippen LogP contribution in [0.3, 0.4) is 0 Å². The molecule has 3 aromatic rings. The quantitative estimate of drug-likeness (QED) is 0.203. The van der Waals surface area contributed by atoms with Crippen LogP contribution in [0.15, 0.2) is 66.7 Å². The topological polar surface area (TPSA) is 34.1 Å². The third-order valence-corrected chi connectivity index (χ3v) is 6.18. The molecule has 0 radical (unpaired) electrons. The maximum Gasteiger partial charge on any atom is 0.151 e. The lowest BCUT2D eigenvalue weighted by atomic mass is 9.84. The van der Waals surface area contributed by atoms with Gasteiger partial charge in [0.15, 0.2) is 12.6 Å². The van der Waals surface area contributed by atoms with Gasteiger partial charge in [-0.25, -0.2) is 0 Å². The molecule has 0 heterocycles. The average Bonchev–Trinajstić information content (AvgIpc) is 2.85. The zero-order chi connectivity index (χ0) is 22.6. The van der Waals surface area contributed by atoms with Gasteiger partial charge in [-0.1, -0.05) is 113 Å². The van der Waals surface area contributed by atoms with E-state index in [2.05, 4.69) is 25.1 Å². The molecule has 3 aromatic carbocycles. The van der Waals surface area contributed by atoms with E-state index >= 15 is 0 Å². The summed E-state index contributed by atoms with van der Waals surface area (Å²) in [6.45, 7) is 2.24. The Hall–Kier alpha value is -3.00. The molecular weight excluding hydrogens is 392 g/mol. The summed E-state index contributed by atoms with van der Waals surface area (Å²) in [5, 5.41) is 0. The minimum atomic E-state index is 0.502. The predicted octanol–water partition coefficient (Wildman–Crippen LogP) is 8.33. The van der Waals surface area contributed by atoms with E-state index in [1.807, 2.05) is 48.5 Å². The molecule has 0 spiro atoms. The Morgan fingerprint density at radius 3 is 1.72 bits per heavy atom. The number of carbonyl (C=O) groups excluding carboxylic acids is 2. The van der Waals surface area contributed by atoms with Crippen molar-refractivity contribution in [1.29, 1.82) is 0 Å². The van der Waals surface area contributed by atoms with E-state index in [1.54, 1.807) is 0 Å². The van der Waals surface area contributed by atoms with Crippen molar-refractivity contribution in [2.24, 2.45) is 0 Å². The van der Waals surface area contributed by atoms with Crippen LogP contribution in [0.25, 0.3) is 22.3 Å². The second-order valence-corrected chi connectivity index (χ2v) is 8.48. The summed E-state index contributed by atoms with van der Waals surface area (Å²) in [6, 6.07) is 22.2. The summed E-state index contributed by atoms with van der Waals surface area (Å²) in [6.07, 6.45) is 12.5. The summed E-state index contributed by atoms with van der Waals surface area (Å²) in [7, 11) is 0. The Balaban J connectivity index is 1.91. The largest absolute Gasteiger partial charge is 0.298 e. The third-order valence-electron chi connectivity index (χ3n) is 6.18. The molecular formula is C30H34O2. The van der Waals surface area contributed by atoms with Crippen molar-refractivity contribution < 1.29 is 9.59 Å². The van der Waals surface area contributed by atoms with Gasteiger partial charge in [0.05, 0.1) is 0 Å². The number of hydrogen-bond acceptors (Lipinski definition) is 2. The highest BCUT2D eigenvalue weighted by Gasteiger charge is 2.19. The van der Waals surface area contributed by atoms with Crippen molar-refractivity contribution in [3.05, 3.63) is 83.4 Å². The Labute approximate surface area is 192 Å². The SMILES string of the molecule is CCCCCCCCCCc1cc(-c2ccccc2)c(-c2ccccc2)c(C=O)c1C=O. The van der Waals surface area contributed by atoms with Crippen LogP contribution in [-0.4, -0.2) is 12.6 Å². The van der Waals surface area contributed by atoms with E-state index in [0.29, 0.717) is 11.1 Å². The molecule has 32 heavy (non-hydrogen) atoms. The van der Waals surface area contributed by atoms with Gasteiger partial charge in [0.1, 0.15) is 0 Å². The molecule has 0 N–H and O–H groups in total. The first-order valence-corrected chi connectivity index (χ1v) is 12.0. The van der Waals surface area contributed by atoms with E-state index in [4.69, 9.17) is 0 Å². The zero-order valence-electron chi connectivity index (χ0n) is 19.2. The number of unbranched alkanes of at least 4 members (excludes halogenated alkanes) is 7. The standard InChI is InChI=1S/C30H34O2/c1-2-3-4-5-6-7-8-11-20-26-21-27(24-16-12-9-13-17-24)30(25-18-14-10-15-19-25)29(23-32)28(26)22-31/h9-10,12-19,21-23H,2-8,11,20H2,1H3. The van der Waals surface area contributed by atoms with Crippen LogP contribution >= 0.6 is 0 Å². The zero-order valence-corrected chi connectivity index (χ0v) is 19.2. The van der Waals surface area contributed by atoms with Gasteiger partial charge in [0.2, 0.25) is 0 Å². The lowest BCUT2D eigenvalue weighted by Gasteiger charge is -2.18. The van der Waals surface area contributed by atoms with Crippen LogP contribution < -0.4 is 0 Å². The molecule has 2 heteroatoms. The van der Waals surface area contributed by atoms with Crippen LogP contribution in [-0.2, 0) is 6.42 Å². The Morgan fingerprint density at radius 2 is 1.16 bits per heavy atom. The van der Waals surface area contributed by atoms with Crippen molar-refractivity contribution in [1.82, 2.24) is 0 Å². The van der Waals surface area contributed by atoms with E-state index in [-0.39, 0.29) is 0 Å². The van der Waals surface area contributed by atoms with Crippen molar-refractivity contribution in [2.45, 2.75) is 64.7 Å². The van der Waals surface area contributed by atoms with Gasteiger partial charge in [0, 0.05) is 16.7 Å². The van der Waals surface area contributed by atoms with Crippen LogP contribution in [0.1, 0.15) is 84.6 Å². The van der Waals surface area contributed by atoms with Gasteiger partial charge in [0.25, 0.3) is 0 Å². The van der Waals surface area contributed by atoms with Crippen molar-refractivity contribution in [3.8, 4) is 22.3 Å². The van der Waals surface area contributed by atoms with Gasteiger partial charge in [-0.05, 0) is 41.2 Å². The fourth-order valence-electron chi connectivity index (χ4n) is 4.46. The molecule has 0 amide bonds. The minimum absolute atomic E-state index is 0.502. The molecule has 0 fully saturated rings. The lowest BCUT2D eigenvalue weighted by Crippen LogP contribution is -2.04. The normalized spacial score (nSPS) is 10.8. The number of benzene rings is 3. The molecule has 0 saturated heterocycles. The van der Waals surface area contributed by atoms with E-state index < -0.39 is 0 Å². The monoisotopic (exact) mass is 426 g/mol. The average molecular weight is 427 g/mol. The number of hydrogen-bond donors (Lipinski definition) is 0. The van der Waals surface area contributed by atoms with Crippen molar-refractivity contribution in [3.63, 3.8) is 0 Å². The molecule has 3 rings (SSSR count). The molecule has 2 nitrogen and oxygen atoms in total. The smallest absolute Gasteiger partial charge is 0.151 e. The molecule has 0 aromatic heterocycles. The van der Waals surface area contributed by atoms with Crippen LogP contribution in [0, 0.1) is 0 Å². The van der Waals surface area contributed by atoms with Crippen molar-refractivity contribution in [2.75, 3.05) is 0 Å². The maximum atomic E-state index is 12.3. The summed E-state index contributed by atoms with van der Waals surface area (Å²) in [4.78, 5) is 24.4. The van der Waals surface area contributed by atoms with E-state index in [9.17, 15) is 9.59 Å². The molecule has 0 bridgehead atoms. The fraction of sp³-hybridized carbons (Fsp3) is 0.333. The van der Waals surface area contributed by atoms with Crippen LogP contribution in [0.2, 0.25) is 0 Å². The second-order valence-electron chi connectivity index (χ2n) is 8.48. The lowest BCUT2D eigenvalue weighted by molar-refractivity contribution is 0.109. The van der Waals surface area contributed by atoms with Crippen molar-refractivity contribution >= 4 is 12.6 Å². The number of rotatable bonds is 13. The molecule has 0 saturated carbocycles. The number of aryl methyl sites for hydroxylation is 1. The Bertz CT molecular complexity index is 990. The molecule has 0 aliphatic heterocycles. The Morgan fingerprint density at radius 1 is 0.625 bits per heavy atom. The predicted molar refractivity (Wildman–Crippen MR) is 134 cm³/mol. The highest BCUT2D eigenvalue weighted by Crippen LogP contribution is 2.38. The van der Waals surface area contributed by atoms with E-state index in [0.717, 1.165) is 59.7 Å². The molecule has 0 aliphatic rings. The van der Waals surface area contributed by atoms with Gasteiger partial charge < -0.3 is 0 Å². The summed E-state index contributed by atoms with van der Waals surface area (Å²) in [5.74, 6) is 0. The first kappa shape index (κ1) is 23.7. The van der Waals surface area contributed by atoms with E-state index in [1.165, 1.54) is 38.5 Å². The van der Waals surface area contributed by atoms with Gasteiger partial charge >= 0.3 is 0 Å². The number of carbonyl (C=O) groups is 2. The highest BCUT2D eigenvalue weighted by molar-refractivity contribution is 6.03. The fourth-order valence-corrected chi connectivity index (χ4v) is 4.46. The molecule has 0 aliphatic carbocycles. The highest BCUT2D eigenvalue weighted by atomic mass is 16.1. The summed E-state index contributed by atoms with van der Waals surface area (Å²) >= 11 is 0. The number of aldehydes is 2. The molecule has 0 atom stereocenters. The van der Waals surface area contributed by atoms with Crippen LogP contribution in [0.5, 0.6) is 0 Å². The second kappa shape index (κ2) is 12.8. The first-order valence-electron chi connectivity index (χ1n) is 12.0. The third kappa shape index (κ3) is 6.03. The van der Waals surface area contributed by atoms with Gasteiger partial charge in [-0.3, -0.25) is 9.59 Å². The first-order chi connectivity index (χ1) is 15.8. The molecule has 166 valence electrons. The summed E-state index contributed by atoms with van der Waals surface area (Å²) < 4.78 is 0. The summed E-state index contributed by atoms with van der Waals surface area (Å²) in [5.41, 5.74) is 5.89. The van der Waals surface area contributed by atoms with Crippen LogP contribution in [0.4, 0.5) is 0 Å². The van der Waals surface area contributed by atoms with Gasteiger partial charge in [-0.15, -0.1) is 0 Å².